The number of rotatable bonds is 7. The lowest BCUT2D eigenvalue weighted by atomic mass is 9.92. The molecule has 0 saturated carbocycles. The summed E-state index contributed by atoms with van der Waals surface area (Å²) in [6.45, 7) is 5.88. The fraction of sp³-hybridized carbons (Fsp3) is 0.296. The molecule has 0 spiro atoms. The number of carbonyl (C=O) groups is 1. The first-order chi connectivity index (χ1) is 16.2. The first-order valence-corrected chi connectivity index (χ1v) is 13.7. The molecule has 0 bridgehead atoms. The van der Waals surface area contributed by atoms with E-state index in [1.54, 1.807) is 30.3 Å². The average molecular weight is 496 g/mol. The van der Waals surface area contributed by atoms with Crippen molar-refractivity contribution in [2.75, 3.05) is 0 Å². The van der Waals surface area contributed by atoms with Gasteiger partial charge in [-0.25, -0.2) is 8.42 Å². The Bertz CT molecular complexity index is 1240. The SMILES string of the molecule is CC[C@@H]1[C@@H](Sc2ccc(C)cc2)[C@@H](C(=O)O)[C@H](c2ccc(C)cc2)N1S(=O)(=O)c1ccccc1. The summed E-state index contributed by atoms with van der Waals surface area (Å²) < 4.78 is 29.4. The molecule has 0 aromatic heterocycles. The van der Waals surface area contributed by atoms with Crippen LogP contribution in [0.5, 0.6) is 0 Å². The predicted octanol–water partition coefficient (Wildman–Crippen LogP) is 5.69. The maximum atomic E-state index is 14.0. The molecule has 0 radical (unpaired) electrons. The van der Waals surface area contributed by atoms with E-state index in [0.29, 0.717) is 12.0 Å². The molecule has 7 heteroatoms. The van der Waals surface area contributed by atoms with Crippen LogP contribution in [0.3, 0.4) is 0 Å². The molecule has 3 aromatic carbocycles. The Morgan fingerprint density at radius 2 is 1.47 bits per heavy atom. The topological polar surface area (TPSA) is 74.7 Å². The molecular formula is C27H29NO4S2. The van der Waals surface area contributed by atoms with E-state index in [4.69, 9.17) is 0 Å². The number of aryl methyl sites for hydroxylation is 2. The predicted molar refractivity (Wildman–Crippen MR) is 135 cm³/mol. The number of carboxylic acids is 1. The van der Waals surface area contributed by atoms with Crippen LogP contribution < -0.4 is 0 Å². The summed E-state index contributed by atoms with van der Waals surface area (Å²) in [6, 6.07) is 22.5. The van der Waals surface area contributed by atoms with Crippen LogP contribution in [0.15, 0.2) is 88.7 Å². The van der Waals surface area contributed by atoms with E-state index >= 15 is 0 Å². The van der Waals surface area contributed by atoms with Crippen molar-refractivity contribution in [1.82, 2.24) is 4.31 Å². The van der Waals surface area contributed by atoms with Crippen LogP contribution in [-0.2, 0) is 14.8 Å². The monoisotopic (exact) mass is 495 g/mol. The van der Waals surface area contributed by atoms with Crippen molar-refractivity contribution in [3.63, 3.8) is 0 Å². The van der Waals surface area contributed by atoms with Gasteiger partial charge >= 0.3 is 5.97 Å². The normalized spacial score (nSPS) is 23.1. The molecule has 0 aliphatic carbocycles. The minimum atomic E-state index is -3.95. The minimum absolute atomic E-state index is 0.177. The zero-order valence-corrected chi connectivity index (χ0v) is 21.1. The Hall–Kier alpha value is -2.61. The Morgan fingerprint density at radius 1 is 0.912 bits per heavy atom. The highest BCUT2D eigenvalue weighted by Crippen LogP contribution is 2.51. The highest BCUT2D eigenvalue weighted by molar-refractivity contribution is 8.00. The molecular weight excluding hydrogens is 466 g/mol. The molecule has 4 atom stereocenters. The van der Waals surface area contributed by atoms with Gasteiger partial charge < -0.3 is 5.11 Å². The number of thioether (sulfide) groups is 1. The van der Waals surface area contributed by atoms with Crippen LogP contribution in [0.1, 0.15) is 36.1 Å². The lowest BCUT2D eigenvalue weighted by Crippen LogP contribution is -2.39. The average Bonchev–Trinajstić information content (AvgIpc) is 3.16. The van der Waals surface area contributed by atoms with Crippen molar-refractivity contribution in [2.45, 2.75) is 54.3 Å². The molecule has 0 unspecified atom stereocenters. The van der Waals surface area contributed by atoms with E-state index in [1.165, 1.54) is 16.1 Å². The van der Waals surface area contributed by atoms with Crippen LogP contribution in [0.4, 0.5) is 0 Å². The van der Waals surface area contributed by atoms with Crippen molar-refractivity contribution in [3.05, 3.63) is 95.6 Å². The third kappa shape index (κ3) is 4.65. The van der Waals surface area contributed by atoms with Gasteiger partial charge in [0, 0.05) is 16.2 Å². The molecule has 178 valence electrons. The smallest absolute Gasteiger partial charge is 0.309 e. The fourth-order valence-corrected chi connectivity index (χ4v) is 8.21. The summed E-state index contributed by atoms with van der Waals surface area (Å²) in [5.41, 5.74) is 2.84. The zero-order valence-electron chi connectivity index (χ0n) is 19.5. The third-order valence-corrected chi connectivity index (χ3v) is 9.75. The molecule has 1 N–H and O–H groups in total. The van der Waals surface area contributed by atoms with E-state index in [-0.39, 0.29) is 4.90 Å². The number of benzene rings is 3. The van der Waals surface area contributed by atoms with Crippen molar-refractivity contribution in [2.24, 2.45) is 5.92 Å². The van der Waals surface area contributed by atoms with Crippen molar-refractivity contribution in [3.8, 4) is 0 Å². The second-order valence-electron chi connectivity index (χ2n) is 8.74. The number of carboxylic acid groups (broad SMARTS) is 1. The molecule has 34 heavy (non-hydrogen) atoms. The van der Waals surface area contributed by atoms with Gasteiger partial charge in [-0.05, 0) is 50.1 Å². The van der Waals surface area contributed by atoms with E-state index in [1.807, 2.05) is 69.3 Å². The molecule has 1 fully saturated rings. The van der Waals surface area contributed by atoms with Crippen LogP contribution >= 0.6 is 11.8 Å². The van der Waals surface area contributed by atoms with Crippen LogP contribution in [0.25, 0.3) is 0 Å². The Morgan fingerprint density at radius 3 is 2.00 bits per heavy atom. The van der Waals surface area contributed by atoms with Gasteiger partial charge in [0.1, 0.15) is 0 Å². The quantitative estimate of drug-likeness (QED) is 0.456. The number of hydrogen-bond donors (Lipinski definition) is 1. The van der Waals surface area contributed by atoms with Crippen molar-refractivity contribution >= 4 is 27.8 Å². The van der Waals surface area contributed by atoms with Crippen molar-refractivity contribution in [1.29, 1.82) is 0 Å². The maximum Gasteiger partial charge on any atom is 0.309 e. The highest BCUT2D eigenvalue weighted by atomic mass is 32.2. The largest absolute Gasteiger partial charge is 0.481 e. The number of sulfonamides is 1. The first-order valence-electron chi connectivity index (χ1n) is 11.4. The summed E-state index contributed by atoms with van der Waals surface area (Å²) in [6.07, 6.45) is 0.502. The van der Waals surface area contributed by atoms with Gasteiger partial charge in [0.15, 0.2) is 0 Å². The lowest BCUT2D eigenvalue weighted by molar-refractivity contribution is -0.142. The Labute approximate surface area is 205 Å². The van der Waals surface area contributed by atoms with Gasteiger partial charge in [-0.3, -0.25) is 4.79 Å². The van der Waals surface area contributed by atoms with Gasteiger partial charge in [-0.1, -0.05) is 72.6 Å². The Kier molecular flexibility index (Phi) is 7.17. The van der Waals surface area contributed by atoms with Crippen LogP contribution in [0, 0.1) is 19.8 Å². The molecule has 1 heterocycles. The van der Waals surface area contributed by atoms with Gasteiger partial charge in [-0.15, -0.1) is 11.8 Å². The van der Waals surface area contributed by atoms with E-state index in [2.05, 4.69) is 0 Å². The summed E-state index contributed by atoms with van der Waals surface area (Å²) in [5, 5.41) is 9.98. The maximum absolute atomic E-state index is 14.0. The standard InChI is InChI=1S/C27H29NO4S2/c1-4-23-26(33-21-16-12-19(3)13-17-21)24(27(29)30)25(20-14-10-18(2)11-15-20)28(23)34(31,32)22-8-6-5-7-9-22/h5-17,23-26H,4H2,1-3H3,(H,29,30)/t23-,24+,25+,26-/m1/s1. The number of hydrogen-bond acceptors (Lipinski definition) is 4. The number of nitrogens with zero attached hydrogens (tertiary/aromatic N) is 1. The lowest BCUT2D eigenvalue weighted by Gasteiger charge is -2.30. The fourth-order valence-electron chi connectivity index (χ4n) is 4.70. The van der Waals surface area contributed by atoms with E-state index in [0.717, 1.165) is 16.0 Å². The van der Waals surface area contributed by atoms with Gasteiger partial charge in [0.2, 0.25) is 10.0 Å². The molecule has 1 aliphatic heterocycles. The van der Waals surface area contributed by atoms with Crippen LogP contribution in [-0.4, -0.2) is 35.1 Å². The van der Waals surface area contributed by atoms with Gasteiger partial charge in [0.25, 0.3) is 0 Å². The number of aliphatic carboxylic acids is 1. The summed E-state index contributed by atoms with van der Waals surface area (Å²) >= 11 is 1.46. The zero-order chi connectivity index (χ0) is 24.5. The van der Waals surface area contributed by atoms with Gasteiger partial charge in [0.05, 0.1) is 16.9 Å². The molecule has 0 amide bonds. The third-order valence-electron chi connectivity index (χ3n) is 6.41. The minimum Gasteiger partial charge on any atom is -0.481 e. The summed E-state index contributed by atoms with van der Waals surface area (Å²) in [4.78, 5) is 13.9. The second kappa shape index (κ2) is 9.94. The van der Waals surface area contributed by atoms with Crippen molar-refractivity contribution < 1.29 is 18.3 Å². The molecule has 1 aliphatic rings. The first kappa shape index (κ1) is 24.5. The van der Waals surface area contributed by atoms with Crippen LogP contribution in [0.2, 0.25) is 0 Å². The summed E-state index contributed by atoms with van der Waals surface area (Å²) in [7, 11) is -3.95. The van der Waals surface area contributed by atoms with E-state index in [9.17, 15) is 18.3 Å². The highest BCUT2D eigenvalue weighted by Gasteiger charge is 2.56. The van der Waals surface area contributed by atoms with Gasteiger partial charge in [-0.2, -0.15) is 4.31 Å². The summed E-state index contributed by atoms with van der Waals surface area (Å²) in [5.74, 6) is -1.89. The molecule has 1 saturated heterocycles. The van der Waals surface area contributed by atoms with E-state index < -0.39 is 39.2 Å². The molecule has 4 rings (SSSR count). The molecule has 3 aromatic rings. The Balaban J connectivity index is 1.89. The molecule has 5 nitrogen and oxygen atoms in total. The second-order valence-corrected chi connectivity index (χ2v) is 11.8.